The molecule has 0 aliphatic carbocycles. The van der Waals surface area contributed by atoms with Gasteiger partial charge in [0.2, 0.25) is 0 Å². The molecule has 0 aromatic heterocycles. The largest absolute Gasteiger partial charge is 0.207 e. The molecule has 0 nitrogen and oxygen atoms in total. The van der Waals surface area contributed by atoms with Crippen LogP contribution < -0.4 is 0 Å². The van der Waals surface area contributed by atoms with Crippen molar-refractivity contribution in [3.8, 4) is 0 Å². The molecule has 2 aromatic rings. The summed E-state index contributed by atoms with van der Waals surface area (Å²) in [6, 6.07) is 9.14. The maximum Gasteiger partial charge on any atom is 0.129 e. The van der Waals surface area contributed by atoms with Crippen molar-refractivity contribution < 1.29 is 4.39 Å². The average molecular weight is 407 g/mol. The summed E-state index contributed by atoms with van der Waals surface area (Å²) in [4.78, 5) is -0.211. The number of halogens is 4. The molecular weight excluding hydrogens is 394 g/mol. The van der Waals surface area contributed by atoms with E-state index in [4.69, 9.17) is 11.6 Å². The molecule has 0 aliphatic rings. The predicted octanol–water partition coefficient (Wildman–Crippen LogP) is 6.34. The molecule has 0 saturated carbocycles. The second kappa shape index (κ2) is 5.94. The van der Waals surface area contributed by atoms with Crippen LogP contribution in [0.3, 0.4) is 0 Å². The lowest BCUT2D eigenvalue weighted by molar-refractivity contribution is 0.612. The van der Waals surface area contributed by atoms with Gasteiger partial charge in [0.25, 0.3) is 0 Å². The number of aryl methyl sites for hydroxylation is 2. The topological polar surface area (TPSA) is 0 Å². The Morgan fingerprint density at radius 2 is 1.79 bits per heavy atom. The zero-order valence-electron chi connectivity index (χ0n) is 10.5. The van der Waals surface area contributed by atoms with Crippen molar-refractivity contribution in [3.63, 3.8) is 0 Å². The first-order valence-electron chi connectivity index (χ1n) is 5.76. The van der Waals surface area contributed by atoms with E-state index in [1.165, 1.54) is 17.2 Å². The number of alkyl halides is 1. The van der Waals surface area contributed by atoms with Gasteiger partial charge in [0.05, 0.1) is 9.85 Å². The quantitative estimate of drug-likeness (QED) is 0.403. The summed E-state index contributed by atoms with van der Waals surface area (Å²) in [5.41, 5.74) is 3.96. The van der Waals surface area contributed by atoms with Crippen LogP contribution in [-0.4, -0.2) is 0 Å². The van der Waals surface area contributed by atoms with Gasteiger partial charge < -0.3 is 0 Å². The van der Waals surface area contributed by atoms with Crippen molar-refractivity contribution >= 4 is 43.5 Å². The molecule has 0 amide bonds. The van der Waals surface area contributed by atoms with Gasteiger partial charge in [0.1, 0.15) is 5.82 Å². The number of hydrogen-bond donors (Lipinski definition) is 0. The molecule has 19 heavy (non-hydrogen) atoms. The monoisotopic (exact) mass is 404 g/mol. The lowest BCUT2D eigenvalue weighted by atomic mass is 10.00. The molecule has 1 atom stereocenters. The predicted molar refractivity (Wildman–Crippen MR) is 85.8 cm³/mol. The van der Waals surface area contributed by atoms with Crippen molar-refractivity contribution in [1.82, 2.24) is 0 Å². The van der Waals surface area contributed by atoms with Crippen molar-refractivity contribution in [2.75, 3.05) is 0 Å². The van der Waals surface area contributed by atoms with Gasteiger partial charge in [-0.1, -0.05) is 45.7 Å². The van der Waals surface area contributed by atoms with Gasteiger partial charge in [-0.2, -0.15) is 0 Å². The summed E-state index contributed by atoms with van der Waals surface area (Å²) in [7, 11) is 0. The highest BCUT2D eigenvalue weighted by Gasteiger charge is 2.17. The van der Waals surface area contributed by atoms with E-state index in [0.29, 0.717) is 15.1 Å². The van der Waals surface area contributed by atoms with Gasteiger partial charge in [-0.3, -0.25) is 0 Å². The Labute approximate surface area is 134 Å². The second-order valence-electron chi connectivity index (χ2n) is 4.49. The number of hydrogen-bond acceptors (Lipinski definition) is 0. The molecule has 2 aromatic carbocycles. The summed E-state index contributed by atoms with van der Waals surface area (Å²) in [5, 5.41) is 0.504. The highest BCUT2D eigenvalue weighted by Crippen LogP contribution is 2.36. The second-order valence-corrected chi connectivity index (χ2v) is 6.67. The van der Waals surface area contributed by atoms with Gasteiger partial charge >= 0.3 is 0 Å². The van der Waals surface area contributed by atoms with Gasteiger partial charge in [-0.15, -0.1) is 0 Å². The summed E-state index contributed by atoms with van der Waals surface area (Å²) in [5.74, 6) is -0.281. The van der Waals surface area contributed by atoms with Crippen LogP contribution in [0.25, 0.3) is 0 Å². The van der Waals surface area contributed by atoms with Crippen molar-refractivity contribution in [3.05, 3.63) is 67.9 Å². The first-order valence-corrected chi connectivity index (χ1v) is 7.84. The van der Waals surface area contributed by atoms with E-state index in [9.17, 15) is 4.39 Å². The third-order valence-electron chi connectivity index (χ3n) is 3.14. The summed E-state index contributed by atoms with van der Waals surface area (Å²) < 4.78 is 14.6. The van der Waals surface area contributed by atoms with Crippen molar-refractivity contribution in [2.24, 2.45) is 0 Å². The third-order valence-corrected chi connectivity index (χ3v) is 5.36. The highest BCUT2D eigenvalue weighted by molar-refractivity contribution is 9.10. The molecule has 0 heterocycles. The minimum atomic E-state index is -0.281. The Kier molecular flexibility index (Phi) is 4.70. The Morgan fingerprint density at radius 1 is 1.11 bits per heavy atom. The van der Waals surface area contributed by atoms with Crippen LogP contribution >= 0.6 is 43.5 Å². The zero-order chi connectivity index (χ0) is 14.2. The molecule has 0 bridgehead atoms. The van der Waals surface area contributed by atoms with E-state index in [1.807, 2.05) is 19.1 Å². The first-order chi connectivity index (χ1) is 8.90. The lowest BCUT2D eigenvalue weighted by Crippen LogP contribution is -1.98. The smallest absolute Gasteiger partial charge is 0.129 e. The Morgan fingerprint density at radius 3 is 2.42 bits per heavy atom. The zero-order valence-corrected chi connectivity index (χ0v) is 14.4. The van der Waals surface area contributed by atoms with Crippen LogP contribution in [0, 0.1) is 19.7 Å². The summed E-state index contributed by atoms with van der Waals surface area (Å²) in [6.07, 6.45) is 0. The molecule has 2 rings (SSSR count). The lowest BCUT2D eigenvalue weighted by Gasteiger charge is -2.14. The average Bonchev–Trinajstić information content (AvgIpc) is 2.36. The number of benzene rings is 2. The van der Waals surface area contributed by atoms with E-state index in [0.717, 1.165) is 5.56 Å². The molecule has 0 spiro atoms. The van der Waals surface area contributed by atoms with Crippen LogP contribution in [0.1, 0.15) is 27.1 Å². The molecule has 100 valence electrons. The van der Waals surface area contributed by atoms with Gasteiger partial charge in [-0.25, -0.2) is 4.39 Å². The minimum absolute atomic E-state index is 0.211. The Hall–Kier alpha value is -0.380. The van der Waals surface area contributed by atoms with E-state index in [-0.39, 0.29) is 10.6 Å². The van der Waals surface area contributed by atoms with Crippen molar-refractivity contribution in [1.29, 1.82) is 0 Å². The van der Waals surface area contributed by atoms with Crippen LogP contribution in [0.4, 0.5) is 4.39 Å². The van der Waals surface area contributed by atoms with Crippen LogP contribution in [-0.2, 0) is 0 Å². The fourth-order valence-corrected chi connectivity index (χ4v) is 2.96. The van der Waals surface area contributed by atoms with Gasteiger partial charge in [0, 0.05) is 10.0 Å². The molecule has 0 aliphatic heterocycles. The molecule has 4 heteroatoms. The molecule has 0 radical (unpaired) electrons. The Balaban J connectivity index is 2.46. The van der Waals surface area contributed by atoms with Gasteiger partial charge in [-0.05, 0) is 58.6 Å². The highest BCUT2D eigenvalue weighted by atomic mass is 79.9. The molecule has 0 saturated heterocycles. The normalized spacial score (nSPS) is 12.5. The minimum Gasteiger partial charge on any atom is -0.207 e. The van der Waals surface area contributed by atoms with Crippen molar-refractivity contribution in [2.45, 2.75) is 18.7 Å². The summed E-state index contributed by atoms with van der Waals surface area (Å²) in [6.45, 7) is 4.10. The maximum atomic E-state index is 14.0. The molecule has 0 fully saturated rings. The molecule has 1 unspecified atom stereocenters. The first kappa shape index (κ1) is 15.0. The number of rotatable bonds is 2. The van der Waals surface area contributed by atoms with E-state index in [2.05, 4.69) is 44.8 Å². The van der Waals surface area contributed by atoms with E-state index < -0.39 is 0 Å². The van der Waals surface area contributed by atoms with Crippen LogP contribution in [0.5, 0.6) is 0 Å². The SMILES string of the molecule is Cc1ccc(C(Br)c2cc(Cl)c(Br)cc2F)cc1C. The molecule has 0 N–H and O–H groups in total. The summed E-state index contributed by atoms with van der Waals surface area (Å²) >= 11 is 12.8. The molecular formula is C15H12Br2ClF. The van der Waals surface area contributed by atoms with Crippen LogP contribution in [0.15, 0.2) is 34.8 Å². The van der Waals surface area contributed by atoms with Gasteiger partial charge in [0.15, 0.2) is 0 Å². The Bertz CT molecular complexity index is 626. The standard InChI is InChI=1S/C15H12Br2ClF/c1-8-3-4-10(5-9(8)2)15(17)11-6-13(18)12(16)7-14(11)19/h3-7,15H,1-2H3. The van der Waals surface area contributed by atoms with E-state index in [1.54, 1.807) is 6.07 Å². The third kappa shape index (κ3) is 3.21. The maximum absolute atomic E-state index is 14.0. The van der Waals surface area contributed by atoms with E-state index >= 15 is 0 Å². The fraction of sp³-hybridized carbons (Fsp3) is 0.200. The fourth-order valence-electron chi connectivity index (χ4n) is 1.83. The van der Waals surface area contributed by atoms with Crippen LogP contribution in [0.2, 0.25) is 5.02 Å².